The van der Waals surface area contributed by atoms with E-state index in [-0.39, 0.29) is 4.75 Å². The van der Waals surface area contributed by atoms with Gasteiger partial charge >= 0.3 is 0 Å². The summed E-state index contributed by atoms with van der Waals surface area (Å²) in [5, 5.41) is 0. The molecule has 0 spiro atoms. The molecular weight excluding hydrogens is 234 g/mol. The molecule has 17 heavy (non-hydrogen) atoms. The molecule has 3 nitrogen and oxygen atoms in total. The molecule has 94 valence electrons. The molecule has 0 amide bonds. The summed E-state index contributed by atoms with van der Waals surface area (Å²) in [6.45, 7) is 7.67. The molecule has 0 saturated heterocycles. The Hall–Kier alpha value is -1.16. The molecule has 0 radical (unpaired) electrons. The number of rotatable bonds is 3. The van der Waals surface area contributed by atoms with Crippen LogP contribution in [0.1, 0.15) is 31.9 Å². The Morgan fingerprint density at radius 1 is 1.35 bits per heavy atom. The maximum atomic E-state index is 11.8. The van der Waals surface area contributed by atoms with Crippen molar-refractivity contribution in [3.63, 3.8) is 0 Å². The van der Waals surface area contributed by atoms with Crippen molar-refractivity contribution in [1.82, 2.24) is 0 Å². The molecule has 1 atom stereocenters. The van der Waals surface area contributed by atoms with Gasteiger partial charge in [0, 0.05) is 11.8 Å². The summed E-state index contributed by atoms with van der Waals surface area (Å²) < 4.78 is 20.8. The number of aryl methyl sites for hydroxylation is 1. The topological polar surface area (TPSA) is 38.7 Å². The zero-order valence-corrected chi connectivity index (χ0v) is 11.8. The first-order chi connectivity index (χ1) is 7.86. The van der Waals surface area contributed by atoms with Crippen molar-refractivity contribution in [2.75, 3.05) is 7.11 Å². The summed E-state index contributed by atoms with van der Waals surface area (Å²) in [5.41, 5.74) is 1.94. The SMILES string of the molecule is COc1cccc(C)c1C=N[S@](=O)C(C)(C)C. The van der Waals surface area contributed by atoms with Gasteiger partial charge < -0.3 is 4.74 Å². The third-order valence-corrected chi connectivity index (χ3v) is 3.65. The first-order valence-corrected chi connectivity index (χ1v) is 6.56. The molecule has 0 bridgehead atoms. The fraction of sp³-hybridized carbons (Fsp3) is 0.462. The molecule has 0 unspecified atom stereocenters. The first-order valence-electron chi connectivity index (χ1n) is 5.46. The van der Waals surface area contributed by atoms with Crippen molar-refractivity contribution in [3.8, 4) is 5.75 Å². The molecule has 0 N–H and O–H groups in total. The van der Waals surface area contributed by atoms with Gasteiger partial charge in [-0.1, -0.05) is 12.1 Å². The summed E-state index contributed by atoms with van der Waals surface area (Å²) >= 11 is 0. The summed E-state index contributed by atoms with van der Waals surface area (Å²) in [5.74, 6) is 0.750. The lowest BCUT2D eigenvalue weighted by molar-refractivity contribution is 0.414. The normalized spacial score (nSPS) is 13.9. The molecule has 0 aliphatic rings. The Morgan fingerprint density at radius 3 is 2.53 bits per heavy atom. The van der Waals surface area contributed by atoms with E-state index in [2.05, 4.69) is 4.40 Å². The van der Waals surface area contributed by atoms with Crippen LogP contribution in [-0.2, 0) is 11.0 Å². The van der Waals surface area contributed by atoms with Crippen LogP contribution in [0.3, 0.4) is 0 Å². The van der Waals surface area contributed by atoms with Gasteiger partial charge in [0.15, 0.2) is 0 Å². The number of hydrogen-bond acceptors (Lipinski definition) is 2. The molecule has 1 aromatic carbocycles. The fourth-order valence-corrected chi connectivity index (χ4v) is 1.77. The van der Waals surface area contributed by atoms with Crippen molar-refractivity contribution >= 4 is 17.2 Å². The van der Waals surface area contributed by atoms with Crippen LogP contribution in [0, 0.1) is 6.92 Å². The lowest BCUT2D eigenvalue weighted by atomic mass is 10.1. The minimum absolute atomic E-state index is 0.341. The van der Waals surface area contributed by atoms with Gasteiger partial charge in [0.25, 0.3) is 0 Å². The highest BCUT2D eigenvalue weighted by atomic mass is 32.2. The molecule has 4 heteroatoms. The summed E-state index contributed by atoms with van der Waals surface area (Å²) in [6.07, 6.45) is 1.63. The van der Waals surface area contributed by atoms with Crippen LogP contribution in [0.4, 0.5) is 0 Å². The lowest BCUT2D eigenvalue weighted by Crippen LogP contribution is -2.19. The average molecular weight is 253 g/mol. The largest absolute Gasteiger partial charge is 0.496 e. The van der Waals surface area contributed by atoms with Crippen molar-refractivity contribution < 1.29 is 8.95 Å². The van der Waals surface area contributed by atoms with E-state index in [1.807, 2.05) is 45.9 Å². The molecule has 0 fully saturated rings. The van der Waals surface area contributed by atoms with Crippen LogP contribution in [0.2, 0.25) is 0 Å². The maximum absolute atomic E-state index is 11.8. The van der Waals surface area contributed by atoms with Crippen LogP contribution in [-0.4, -0.2) is 22.3 Å². The van der Waals surface area contributed by atoms with E-state index in [1.54, 1.807) is 13.3 Å². The standard InChI is InChI=1S/C13H19NO2S/c1-10-7-6-8-12(16-5)11(10)9-14-17(15)13(2,3)4/h6-9H,1-5H3/t17-/m1/s1. The Labute approximate surface area is 106 Å². The zero-order chi connectivity index (χ0) is 13.1. The Bertz CT molecular complexity index is 447. The maximum Gasteiger partial charge on any atom is 0.144 e. The quantitative estimate of drug-likeness (QED) is 0.777. The Morgan fingerprint density at radius 2 is 2.00 bits per heavy atom. The van der Waals surface area contributed by atoms with E-state index in [0.29, 0.717) is 0 Å². The van der Waals surface area contributed by atoms with Gasteiger partial charge in [-0.25, -0.2) is 4.21 Å². The Balaban J connectivity index is 3.03. The van der Waals surface area contributed by atoms with Crippen LogP contribution >= 0.6 is 0 Å². The monoisotopic (exact) mass is 253 g/mol. The molecule has 1 aromatic rings. The summed E-state index contributed by atoms with van der Waals surface area (Å²) in [4.78, 5) is 0. The first kappa shape index (κ1) is 13.9. The fourth-order valence-electron chi connectivity index (χ4n) is 1.26. The smallest absolute Gasteiger partial charge is 0.144 e. The minimum Gasteiger partial charge on any atom is -0.496 e. The summed E-state index contributed by atoms with van der Waals surface area (Å²) in [6, 6.07) is 5.77. The molecule has 0 aromatic heterocycles. The molecule has 0 saturated carbocycles. The lowest BCUT2D eigenvalue weighted by Gasteiger charge is -2.13. The second-order valence-corrected chi connectivity index (χ2v) is 6.72. The Kier molecular flexibility index (Phi) is 4.46. The van der Waals surface area contributed by atoms with Gasteiger partial charge in [-0.2, -0.15) is 4.40 Å². The van der Waals surface area contributed by atoms with Crippen LogP contribution in [0.15, 0.2) is 22.6 Å². The average Bonchev–Trinajstić information content (AvgIpc) is 2.25. The van der Waals surface area contributed by atoms with Crippen LogP contribution in [0.5, 0.6) is 5.75 Å². The highest BCUT2D eigenvalue weighted by Gasteiger charge is 2.18. The zero-order valence-electron chi connectivity index (χ0n) is 11.0. The molecular formula is C13H19NO2S. The number of benzene rings is 1. The highest BCUT2D eigenvalue weighted by Crippen LogP contribution is 2.20. The highest BCUT2D eigenvalue weighted by molar-refractivity contribution is 7.85. The number of hydrogen-bond donors (Lipinski definition) is 0. The molecule has 0 aliphatic heterocycles. The van der Waals surface area contributed by atoms with Gasteiger partial charge in [-0.3, -0.25) is 0 Å². The van der Waals surface area contributed by atoms with E-state index in [1.165, 1.54) is 0 Å². The second-order valence-electron chi connectivity index (χ2n) is 4.79. The van der Waals surface area contributed by atoms with Crippen LogP contribution in [0.25, 0.3) is 0 Å². The van der Waals surface area contributed by atoms with Gasteiger partial charge in [-0.05, 0) is 39.3 Å². The van der Waals surface area contributed by atoms with Gasteiger partial charge in [-0.15, -0.1) is 0 Å². The predicted octanol–water partition coefficient (Wildman–Crippen LogP) is 2.88. The van der Waals surface area contributed by atoms with E-state index in [9.17, 15) is 4.21 Å². The molecule has 1 rings (SSSR count). The number of nitrogens with zero attached hydrogens (tertiary/aromatic N) is 1. The van der Waals surface area contributed by atoms with Crippen molar-refractivity contribution in [1.29, 1.82) is 0 Å². The predicted molar refractivity (Wildman–Crippen MR) is 73.2 cm³/mol. The van der Waals surface area contributed by atoms with Gasteiger partial charge in [0.05, 0.1) is 11.9 Å². The third-order valence-electron chi connectivity index (χ3n) is 2.31. The van der Waals surface area contributed by atoms with Gasteiger partial charge in [0.2, 0.25) is 0 Å². The van der Waals surface area contributed by atoms with E-state index in [4.69, 9.17) is 4.74 Å². The van der Waals surface area contributed by atoms with E-state index in [0.717, 1.165) is 16.9 Å². The third kappa shape index (κ3) is 3.66. The molecule has 0 aliphatic carbocycles. The molecule has 0 heterocycles. The number of ether oxygens (including phenoxy) is 1. The minimum atomic E-state index is -1.24. The van der Waals surface area contributed by atoms with E-state index < -0.39 is 11.0 Å². The van der Waals surface area contributed by atoms with Crippen LogP contribution < -0.4 is 4.74 Å². The van der Waals surface area contributed by atoms with Gasteiger partial charge in [0.1, 0.15) is 16.7 Å². The van der Waals surface area contributed by atoms with Crippen molar-refractivity contribution in [3.05, 3.63) is 29.3 Å². The second kappa shape index (κ2) is 5.45. The number of methoxy groups -OCH3 is 1. The van der Waals surface area contributed by atoms with E-state index >= 15 is 0 Å². The van der Waals surface area contributed by atoms with Crippen molar-refractivity contribution in [2.45, 2.75) is 32.4 Å². The van der Waals surface area contributed by atoms with Crippen molar-refractivity contribution in [2.24, 2.45) is 4.40 Å². The summed E-state index contributed by atoms with van der Waals surface area (Å²) in [7, 11) is 0.375.